The molecule has 18 heavy (non-hydrogen) atoms. The van der Waals surface area contributed by atoms with E-state index in [9.17, 15) is 0 Å². The average molecular weight is 265 g/mol. The lowest BCUT2D eigenvalue weighted by Gasteiger charge is -2.17. The highest BCUT2D eigenvalue weighted by molar-refractivity contribution is 6.31. The number of nitrogens with zero attached hydrogens (tertiary/aromatic N) is 1. The molecule has 2 fully saturated rings. The van der Waals surface area contributed by atoms with Crippen LogP contribution in [0, 0.1) is 0 Å². The maximum atomic E-state index is 6.43. The SMILES string of the molecule is Clc1cc(C2CCCN2)ccc1CN1CCCC1. The molecule has 0 aliphatic carbocycles. The third-order valence-electron chi connectivity index (χ3n) is 4.13. The van der Waals surface area contributed by atoms with E-state index in [1.54, 1.807) is 0 Å². The van der Waals surface area contributed by atoms with E-state index in [1.807, 2.05) is 0 Å². The topological polar surface area (TPSA) is 15.3 Å². The molecular weight excluding hydrogens is 244 g/mol. The standard InChI is InChI=1S/C15H21ClN2/c16-14-10-12(15-4-3-7-17-15)5-6-13(14)11-18-8-1-2-9-18/h5-6,10,15,17H,1-4,7-9,11H2. The Morgan fingerprint density at radius 1 is 1.22 bits per heavy atom. The number of benzene rings is 1. The zero-order valence-corrected chi connectivity index (χ0v) is 11.5. The van der Waals surface area contributed by atoms with Gasteiger partial charge in [0.1, 0.15) is 0 Å². The number of rotatable bonds is 3. The molecule has 0 spiro atoms. The summed E-state index contributed by atoms with van der Waals surface area (Å²) in [6.45, 7) is 4.60. The van der Waals surface area contributed by atoms with Gasteiger partial charge in [-0.1, -0.05) is 23.7 Å². The molecule has 1 N–H and O–H groups in total. The summed E-state index contributed by atoms with van der Waals surface area (Å²) in [5.74, 6) is 0. The number of hydrogen-bond donors (Lipinski definition) is 1. The van der Waals surface area contributed by atoms with Gasteiger partial charge >= 0.3 is 0 Å². The van der Waals surface area contributed by atoms with Crippen molar-refractivity contribution in [3.63, 3.8) is 0 Å². The molecule has 0 aromatic heterocycles. The van der Waals surface area contributed by atoms with Gasteiger partial charge in [-0.25, -0.2) is 0 Å². The van der Waals surface area contributed by atoms with Crippen molar-refractivity contribution >= 4 is 11.6 Å². The Hall–Kier alpha value is -0.570. The van der Waals surface area contributed by atoms with Crippen LogP contribution in [0.5, 0.6) is 0 Å². The molecule has 0 radical (unpaired) electrons. The van der Waals surface area contributed by atoms with Crippen LogP contribution in [0.4, 0.5) is 0 Å². The van der Waals surface area contributed by atoms with E-state index >= 15 is 0 Å². The van der Waals surface area contributed by atoms with Gasteiger partial charge in [0.2, 0.25) is 0 Å². The van der Waals surface area contributed by atoms with Crippen molar-refractivity contribution < 1.29 is 0 Å². The number of halogens is 1. The van der Waals surface area contributed by atoms with Crippen LogP contribution in [0.15, 0.2) is 18.2 Å². The maximum absolute atomic E-state index is 6.43. The van der Waals surface area contributed by atoms with Gasteiger partial charge < -0.3 is 5.32 Å². The highest BCUT2D eigenvalue weighted by Crippen LogP contribution is 2.28. The monoisotopic (exact) mass is 264 g/mol. The van der Waals surface area contributed by atoms with E-state index in [1.165, 1.54) is 49.9 Å². The second kappa shape index (κ2) is 5.60. The Morgan fingerprint density at radius 3 is 2.72 bits per heavy atom. The van der Waals surface area contributed by atoms with Gasteiger partial charge in [0.15, 0.2) is 0 Å². The van der Waals surface area contributed by atoms with Crippen LogP contribution < -0.4 is 5.32 Å². The van der Waals surface area contributed by atoms with Crippen molar-refractivity contribution in [1.29, 1.82) is 0 Å². The minimum absolute atomic E-state index is 0.517. The van der Waals surface area contributed by atoms with Gasteiger partial charge in [-0.2, -0.15) is 0 Å². The van der Waals surface area contributed by atoms with E-state index in [0.29, 0.717) is 6.04 Å². The van der Waals surface area contributed by atoms with Gasteiger partial charge in [0.25, 0.3) is 0 Å². The fourth-order valence-electron chi connectivity index (χ4n) is 3.06. The van der Waals surface area contributed by atoms with Gasteiger partial charge in [-0.05, 0) is 62.5 Å². The summed E-state index contributed by atoms with van der Waals surface area (Å²) in [4.78, 5) is 2.49. The summed E-state index contributed by atoms with van der Waals surface area (Å²) in [6, 6.07) is 7.15. The van der Waals surface area contributed by atoms with Crippen LogP contribution in [0.25, 0.3) is 0 Å². The minimum atomic E-state index is 0.517. The van der Waals surface area contributed by atoms with E-state index in [-0.39, 0.29) is 0 Å². The van der Waals surface area contributed by atoms with Gasteiger partial charge in [-0.15, -0.1) is 0 Å². The molecule has 2 nitrogen and oxygen atoms in total. The fourth-order valence-corrected chi connectivity index (χ4v) is 3.31. The van der Waals surface area contributed by atoms with Crippen molar-refractivity contribution in [2.24, 2.45) is 0 Å². The van der Waals surface area contributed by atoms with Crippen LogP contribution in [-0.4, -0.2) is 24.5 Å². The Kier molecular flexibility index (Phi) is 3.88. The first-order valence-electron chi connectivity index (χ1n) is 7.07. The summed E-state index contributed by atoms with van der Waals surface area (Å²) in [6.07, 6.45) is 5.18. The smallest absolute Gasteiger partial charge is 0.0454 e. The second-order valence-corrected chi connectivity index (χ2v) is 5.89. The predicted octanol–water partition coefficient (Wildman–Crippen LogP) is 3.36. The largest absolute Gasteiger partial charge is 0.310 e. The maximum Gasteiger partial charge on any atom is 0.0454 e. The number of hydrogen-bond acceptors (Lipinski definition) is 2. The molecule has 0 amide bonds. The molecular formula is C15H21ClN2. The van der Waals surface area contributed by atoms with Gasteiger partial charge in [-0.3, -0.25) is 4.90 Å². The normalized spacial score (nSPS) is 24.8. The third-order valence-corrected chi connectivity index (χ3v) is 4.48. The predicted molar refractivity (Wildman–Crippen MR) is 75.9 cm³/mol. The zero-order valence-electron chi connectivity index (χ0n) is 10.8. The van der Waals surface area contributed by atoms with Crippen molar-refractivity contribution in [3.8, 4) is 0 Å². The van der Waals surface area contributed by atoms with E-state index < -0.39 is 0 Å². The Labute approximate surface area is 114 Å². The molecule has 0 bridgehead atoms. The van der Waals surface area contributed by atoms with Crippen LogP contribution in [-0.2, 0) is 6.54 Å². The molecule has 1 unspecified atom stereocenters. The molecule has 2 heterocycles. The van der Waals surface area contributed by atoms with Crippen molar-refractivity contribution in [2.75, 3.05) is 19.6 Å². The summed E-state index contributed by atoms with van der Waals surface area (Å²) < 4.78 is 0. The molecule has 1 aromatic carbocycles. The lowest BCUT2D eigenvalue weighted by Crippen LogP contribution is -2.19. The van der Waals surface area contributed by atoms with Gasteiger partial charge in [0.05, 0.1) is 0 Å². The second-order valence-electron chi connectivity index (χ2n) is 5.48. The van der Waals surface area contributed by atoms with Crippen molar-refractivity contribution in [3.05, 3.63) is 34.3 Å². The Bertz CT molecular complexity index is 407. The van der Waals surface area contributed by atoms with Crippen LogP contribution in [0.1, 0.15) is 42.9 Å². The zero-order chi connectivity index (χ0) is 12.4. The summed E-state index contributed by atoms with van der Waals surface area (Å²) >= 11 is 6.43. The lowest BCUT2D eigenvalue weighted by molar-refractivity contribution is 0.331. The molecule has 2 aliphatic heterocycles. The quantitative estimate of drug-likeness (QED) is 0.901. The third kappa shape index (κ3) is 2.71. The number of nitrogens with one attached hydrogen (secondary N) is 1. The summed E-state index contributed by atoms with van der Waals surface area (Å²) in [5.41, 5.74) is 2.63. The molecule has 1 atom stereocenters. The summed E-state index contributed by atoms with van der Waals surface area (Å²) in [5, 5.41) is 4.46. The highest BCUT2D eigenvalue weighted by atomic mass is 35.5. The molecule has 2 aliphatic rings. The van der Waals surface area contributed by atoms with E-state index in [4.69, 9.17) is 11.6 Å². The lowest BCUT2D eigenvalue weighted by atomic mass is 10.0. The minimum Gasteiger partial charge on any atom is -0.310 e. The first-order chi connectivity index (χ1) is 8.83. The van der Waals surface area contributed by atoms with Crippen molar-refractivity contribution in [2.45, 2.75) is 38.3 Å². The molecule has 2 saturated heterocycles. The molecule has 0 saturated carbocycles. The average Bonchev–Trinajstić information content (AvgIpc) is 3.04. The molecule has 3 rings (SSSR count). The van der Waals surface area contributed by atoms with Gasteiger partial charge in [0, 0.05) is 17.6 Å². The van der Waals surface area contributed by atoms with Crippen LogP contribution in [0.3, 0.4) is 0 Å². The first kappa shape index (κ1) is 12.5. The molecule has 98 valence electrons. The Morgan fingerprint density at radius 2 is 2.06 bits per heavy atom. The van der Waals surface area contributed by atoms with E-state index in [2.05, 4.69) is 28.4 Å². The fraction of sp³-hybridized carbons (Fsp3) is 0.600. The van der Waals surface area contributed by atoms with Crippen molar-refractivity contribution in [1.82, 2.24) is 10.2 Å². The van der Waals surface area contributed by atoms with E-state index in [0.717, 1.165) is 18.1 Å². The molecule has 1 aromatic rings. The van der Waals surface area contributed by atoms with Crippen LogP contribution >= 0.6 is 11.6 Å². The highest BCUT2D eigenvalue weighted by Gasteiger charge is 2.18. The molecule has 3 heteroatoms. The summed E-state index contributed by atoms with van der Waals surface area (Å²) in [7, 11) is 0. The van der Waals surface area contributed by atoms with Crippen LogP contribution in [0.2, 0.25) is 5.02 Å². The number of likely N-dealkylation sites (tertiary alicyclic amines) is 1. The first-order valence-corrected chi connectivity index (χ1v) is 7.45. The Balaban J connectivity index is 1.71.